The van der Waals surface area contributed by atoms with Gasteiger partial charge in [0.25, 0.3) is 0 Å². The first kappa shape index (κ1) is 16.1. The average molecular weight is 244 g/mol. The molecule has 0 amide bonds. The van der Waals surface area contributed by atoms with Gasteiger partial charge in [-0.15, -0.1) is 0 Å². The van der Waals surface area contributed by atoms with Crippen LogP contribution in [-0.4, -0.2) is 36.0 Å². The number of aliphatic hydroxyl groups excluding tert-OH is 1. The smallest absolute Gasteiger partial charge is 0.330 e. The second kappa shape index (κ2) is 9.19. The van der Waals surface area contributed by atoms with Crippen LogP contribution in [0.3, 0.4) is 0 Å². The van der Waals surface area contributed by atoms with Crippen molar-refractivity contribution in [3.05, 3.63) is 12.7 Å². The summed E-state index contributed by atoms with van der Waals surface area (Å²) >= 11 is 0. The molecular formula is C13H24O4. The third kappa shape index (κ3) is 7.13. The lowest BCUT2D eigenvalue weighted by Gasteiger charge is -2.22. The summed E-state index contributed by atoms with van der Waals surface area (Å²) in [5.41, 5.74) is 0. The predicted molar refractivity (Wildman–Crippen MR) is 66.7 cm³/mol. The maximum atomic E-state index is 10.9. The number of ether oxygens (including phenoxy) is 2. The zero-order valence-corrected chi connectivity index (χ0v) is 11.0. The van der Waals surface area contributed by atoms with E-state index in [0.717, 1.165) is 25.3 Å². The Labute approximate surface area is 104 Å². The molecule has 0 aromatic heterocycles. The summed E-state index contributed by atoms with van der Waals surface area (Å²) in [5, 5.41) is 9.74. The van der Waals surface area contributed by atoms with Crippen LogP contribution < -0.4 is 0 Å². The molecule has 0 aliphatic heterocycles. The fourth-order valence-corrected chi connectivity index (χ4v) is 1.41. The fraction of sp³-hybridized carbons (Fsp3) is 0.769. The standard InChI is InChI=1S/C13H24O4/c1-5-8-11(6-2)16-9-12(14)10(4)17-13(15)7-3/h7,10-12,14H,3,5-6,8-9H2,1-2,4H3. The summed E-state index contributed by atoms with van der Waals surface area (Å²) in [6, 6.07) is 0. The molecule has 0 fully saturated rings. The highest BCUT2D eigenvalue weighted by atomic mass is 16.6. The Kier molecular flexibility index (Phi) is 8.72. The topological polar surface area (TPSA) is 55.8 Å². The highest BCUT2D eigenvalue weighted by Crippen LogP contribution is 2.09. The summed E-state index contributed by atoms with van der Waals surface area (Å²) in [6.07, 6.45) is 2.80. The van der Waals surface area contributed by atoms with E-state index in [9.17, 15) is 9.90 Å². The molecule has 0 saturated heterocycles. The van der Waals surface area contributed by atoms with Crippen molar-refractivity contribution in [1.82, 2.24) is 0 Å². The maximum absolute atomic E-state index is 10.9. The molecule has 1 N–H and O–H groups in total. The van der Waals surface area contributed by atoms with Crippen molar-refractivity contribution in [3.8, 4) is 0 Å². The Bertz CT molecular complexity index is 227. The third-order valence-electron chi connectivity index (χ3n) is 2.58. The van der Waals surface area contributed by atoms with Gasteiger partial charge in [-0.05, 0) is 19.8 Å². The maximum Gasteiger partial charge on any atom is 0.330 e. The van der Waals surface area contributed by atoms with Crippen molar-refractivity contribution in [2.24, 2.45) is 0 Å². The molecule has 0 spiro atoms. The normalized spacial score (nSPS) is 16.0. The Morgan fingerprint density at radius 3 is 2.59 bits per heavy atom. The van der Waals surface area contributed by atoms with E-state index in [4.69, 9.17) is 9.47 Å². The number of hydrogen-bond acceptors (Lipinski definition) is 4. The Morgan fingerprint density at radius 2 is 2.12 bits per heavy atom. The van der Waals surface area contributed by atoms with E-state index in [1.54, 1.807) is 6.92 Å². The first-order valence-corrected chi connectivity index (χ1v) is 6.17. The number of rotatable bonds is 9. The van der Waals surface area contributed by atoms with Crippen LogP contribution in [0, 0.1) is 0 Å². The number of hydrogen-bond donors (Lipinski definition) is 1. The van der Waals surface area contributed by atoms with Gasteiger partial charge in [-0.1, -0.05) is 26.8 Å². The van der Waals surface area contributed by atoms with Crippen LogP contribution in [0.25, 0.3) is 0 Å². The SMILES string of the molecule is C=CC(=O)OC(C)C(O)COC(CC)CCC. The number of esters is 1. The molecule has 0 aromatic rings. The molecule has 3 atom stereocenters. The van der Waals surface area contributed by atoms with Crippen LogP contribution in [0.2, 0.25) is 0 Å². The van der Waals surface area contributed by atoms with Crippen LogP contribution in [0.1, 0.15) is 40.0 Å². The van der Waals surface area contributed by atoms with Crippen molar-refractivity contribution < 1.29 is 19.4 Å². The van der Waals surface area contributed by atoms with E-state index in [2.05, 4.69) is 13.5 Å². The zero-order chi connectivity index (χ0) is 13.3. The minimum Gasteiger partial charge on any atom is -0.457 e. The molecule has 4 nitrogen and oxygen atoms in total. The van der Waals surface area contributed by atoms with Gasteiger partial charge in [0.15, 0.2) is 0 Å². The lowest BCUT2D eigenvalue weighted by atomic mass is 10.1. The summed E-state index contributed by atoms with van der Waals surface area (Å²) in [4.78, 5) is 10.9. The van der Waals surface area contributed by atoms with Gasteiger partial charge in [0.2, 0.25) is 0 Å². The molecule has 17 heavy (non-hydrogen) atoms. The van der Waals surface area contributed by atoms with Gasteiger partial charge >= 0.3 is 5.97 Å². The monoisotopic (exact) mass is 244 g/mol. The fourth-order valence-electron chi connectivity index (χ4n) is 1.41. The number of carbonyl (C=O) groups is 1. The summed E-state index contributed by atoms with van der Waals surface area (Å²) in [5.74, 6) is -0.530. The van der Waals surface area contributed by atoms with Crippen LogP contribution in [0.4, 0.5) is 0 Å². The highest BCUT2D eigenvalue weighted by Gasteiger charge is 2.19. The minimum atomic E-state index is -0.801. The van der Waals surface area contributed by atoms with Crippen molar-refractivity contribution in [1.29, 1.82) is 0 Å². The average Bonchev–Trinajstić information content (AvgIpc) is 2.33. The van der Waals surface area contributed by atoms with Crippen molar-refractivity contribution in [3.63, 3.8) is 0 Å². The van der Waals surface area contributed by atoms with Crippen LogP contribution in [0.15, 0.2) is 12.7 Å². The lowest BCUT2D eigenvalue weighted by molar-refractivity contribution is -0.150. The minimum absolute atomic E-state index is 0.164. The largest absolute Gasteiger partial charge is 0.457 e. The molecule has 4 heteroatoms. The molecule has 0 aliphatic rings. The quantitative estimate of drug-likeness (QED) is 0.498. The van der Waals surface area contributed by atoms with Gasteiger partial charge in [-0.3, -0.25) is 0 Å². The summed E-state index contributed by atoms with van der Waals surface area (Å²) in [7, 11) is 0. The Hall–Kier alpha value is -0.870. The molecule has 0 radical (unpaired) electrons. The van der Waals surface area contributed by atoms with Crippen molar-refractivity contribution >= 4 is 5.97 Å². The van der Waals surface area contributed by atoms with Gasteiger partial charge in [-0.2, -0.15) is 0 Å². The van der Waals surface area contributed by atoms with E-state index >= 15 is 0 Å². The molecular weight excluding hydrogens is 220 g/mol. The van der Waals surface area contributed by atoms with E-state index in [1.807, 2.05) is 6.92 Å². The van der Waals surface area contributed by atoms with Crippen LogP contribution in [-0.2, 0) is 14.3 Å². The molecule has 0 heterocycles. The summed E-state index contributed by atoms with van der Waals surface area (Å²) in [6.45, 7) is 9.26. The first-order chi connectivity index (χ1) is 8.04. The van der Waals surface area contributed by atoms with Gasteiger partial charge in [0, 0.05) is 6.08 Å². The van der Waals surface area contributed by atoms with Gasteiger partial charge in [0.05, 0.1) is 12.7 Å². The molecule has 0 bridgehead atoms. The van der Waals surface area contributed by atoms with Gasteiger partial charge < -0.3 is 14.6 Å². The van der Waals surface area contributed by atoms with E-state index < -0.39 is 18.2 Å². The zero-order valence-electron chi connectivity index (χ0n) is 11.0. The molecule has 100 valence electrons. The van der Waals surface area contributed by atoms with Crippen LogP contribution >= 0.6 is 0 Å². The molecule has 0 saturated carbocycles. The Balaban J connectivity index is 3.94. The van der Waals surface area contributed by atoms with E-state index in [0.29, 0.717) is 0 Å². The second-order valence-corrected chi connectivity index (χ2v) is 4.07. The molecule has 0 aromatic carbocycles. The molecule has 0 rings (SSSR count). The van der Waals surface area contributed by atoms with Crippen molar-refractivity contribution in [2.75, 3.05) is 6.61 Å². The van der Waals surface area contributed by atoms with E-state index in [-0.39, 0.29) is 12.7 Å². The van der Waals surface area contributed by atoms with Crippen LogP contribution in [0.5, 0.6) is 0 Å². The predicted octanol–water partition coefficient (Wildman–Crippen LogP) is 2.06. The lowest BCUT2D eigenvalue weighted by Crippen LogP contribution is -2.33. The first-order valence-electron chi connectivity index (χ1n) is 6.17. The van der Waals surface area contributed by atoms with Crippen molar-refractivity contribution in [2.45, 2.75) is 58.3 Å². The van der Waals surface area contributed by atoms with Gasteiger partial charge in [-0.25, -0.2) is 4.79 Å². The Morgan fingerprint density at radius 1 is 1.47 bits per heavy atom. The third-order valence-corrected chi connectivity index (χ3v) is 2.58. The second-order valence-electron chi connectivity index (χ2n) is 4.07. The molecule has 0 aliphatic carbocycles. The summed E-state index contributed by atoms with van der Waals surface area (Å²) < 4.78 is 10.5. The van der Waals surface area contributed by atoms with Gasteiger partial charge in [0.1, 0.15) is 12.2 Å². The number of carbonyl (C=O) groups excluding carboxylic acids is 1. The highest BCUT2D eigenvalue weighted by molar-refractivity contribution is 5.81. The molecule has 3 unspecified atom stereocenters. The van der Waals surface area contributed by atoms with E-state index in [1.165, 1.54) is 0 Å². The number of aliphatic hydroxyl groups is 1.